The average Bonchev–Trinajstić information content (AvgIpc) is 2.44. The van der Waals surface area contributed by atoms with Gasteiger partial charge in [0.25, 0.3) is 0 Å². The zero-order chi connectivity index (χ0) is 14.7. The van der Waals surface area contributed by atoms with Gasteiger partial charge in [0.05, 0.1) is 13.2 Å². The Morgan fingerprint density at radius 1 is 1.25 bits per heavy atom. The lowest BCUT2D eigenvalue weighted by Gasteiger charge is -2.20. The van der Waals surface area contributed by atoms with Crippen molar-refractivity contribution in [1.29, 1.82) is 0 Å². The maximum atomic E-state index is 13.4. The quantitative estimate of drug-likeness (QED) is 0.671. The van der Waals surface area contributed by atoms with E-state index in [4.69, 9.17) is 22.2 Å². The van der Waals surface area contributed by atoms with Crippen molar-refractivity contribution in [2.45, 2.75) is 13.0 Å². The molecule has 5 heteroatoms. The lowest BCUT2D eigenvalue weighted by molar-refractivity contribution is 0.404. The van der Waals surface area contributed by atoms with E-state index in [0.717, 1.165) is 11.1 Å². The van der Waals surface area contributed by atoms with Gasteiger partial charge in [-0.25, -0.2) is 9.82 Å². The van der Waals surface area contributed by atoms with E-state index in [-0.39, 0.29) is 11.9 Å². The van der Waals surface area contributed by atoms with Crippen molar-refractivity contribution in [2.24, 2.45) is 5.84 Å². The number of nitrogens with one attached hydrogen (secondary N) is 1. The van der Waals surface area contributed by atoms with Gasteiger partial charge in [-0.15, -0.1) is 0 Å². The summed E-state index contributed by atoms with van der Waals surface area (Å²) < 4.78 is 18.7. The number of benzene rings is 2. The molecule has 3 N–H and O–H groups in total. The summed E-state index contributed by atoms with van der Waals surface area (Å²) in [5.74, 6) is 6.07. The summed E-state index contributed by atoms with van der Waals surface area (Å²) in [7, 11) is 1.58. The average molecular weight is 295 g/mol. The summed E-state index contributed by atoms with van der Waals surface area (Å²) in [6.07, 6.45) is 0. The number of hydrazine groups is 1. The highest BCUT2D eigenvalue weighted by Gasteiger charge is 2.18. The molecule has 0 spiro atoms. The Hall–Kier alpha value is -1.62. The lowest BCUT2D eigenvalue weighted by Crippen LogP contribution is -2.29. The molecule has 106 valence electrons. The highest BCUT2D eigenvalue weighted by molar-refractivity contribution is 6.30. The molecule has 0 radical (unpaired) electrons. The lowest BCUT2D eigenvalue weighted by atomic mass is 9.97. The number of nitrogens with two attached hydrogens (primary N) is 1. The molecule has 0 aliphatic carbocycles. The SMILES string of the molecule is COc1ccc(Cl)cc1C(NN)c1ccc(F)c(C)c1. The molecule has 2 rings (SSSR count). The first-order valence-electron chi connectivity index (χ1n) is 6.12. The van der Waals surface area contributed by atoms with Gasteiger partial charge in [-0.2, -0.15) is 0 Å². The van der Waals surface area contributed by atoms with E-state index < -0.39 is 0 Å². The van der Waals surface area contributed by atoms with E-state index in [1.54, 1.807) is 44.4 Å². The Labute approximate surface area is 122 Å². The second-order valence-electron chi connectivity index (χ2n) is 4.49. The topological polar surface area (TPSA) is 47.3 Å². The molecule has 0 saturated carbocycles. The molecule has 20 heavy (non-hydrogen) atoms. The van der Waals surface area contributed by atoms with E-state index in [2.05, 4.69) is 5.43 Å². The van der Waals surface area contributed by atoms with Crippen LogP contribution in [0.3, 0.4) is 0 Å². The van der Waals surface area contributed by atoms with E-state index in [1.807, 2.05) is 0 Å². The molecule has 2 aromatic carbocycles. The summed E-state index contributed by atoms with van der Waals surface area (Å²) in [4.78, 5) is 0. The van der Waals surface area contributed by atoms with E-state index in [1.165, 1.54) is 6.07 Å². The molecule has 0 saturated heterocycles. The van der Waals surface area contributed by atoms with Crippen LogP contribution in [-0.4, -0.2) is 7.11 Å². The summed E-state index contributed by atoms with van der Waals surface area (Å²) in [5, 5.41) is 0.583. The predicted molar refractivity (Wildman–Crippen MR) is 78.3 cm³/mol. The number of aryl methyl sites for hydroxylation is 1. The fourth-order valence-electron chi connectivity index (χ4n) is 2.14. The molecular weight excluding hydrogens is 279 g/mol. The predicted octanol–water partition coefficient (Wildman–Crippen LogP) is 3.35. The van der Waals surface area contributed by atoms with Gasteiger partial charge >= 0.3 is 0 Å². The summed E-state index contributed by atoms with van der Waals surface area (Å²) in [5.41, 5.74) is 4.92. The highest BCUT2D eigenvalue weighted by atomic mass is 35.5. The van der Waals surface area contributed by atoms with Crippen LogP contribution in [0.1, 0.15) is 22.7 Å². The normalized spacial score (nSPS) is 12.2. The molecule has 0 amide bonds. The number of rotatable bonds is 4. The van der Waals surface area contributed by atoms with Gasteiger partial charge in [0, 0.05) is 10.6 Å². The van der Waals surface area contributed by atoms with Crippen molar-refractivity contribution in [2.75, 3.05) is 7.11 Å². The minimum absolute atomic E-state index is 0.248. The number of ether oxygens (including phenoxy) is 1. The largest absolute Gasteiger partial charge is 0.496 e. The first kappa shape index (κ1) is 14.8. The van der Waals surface area contributed by atoms with E-state index >= 15 is 0 Å². The maximum Gasteiger partial charge on any atom is 0.126 e. The molecule has 0 bridgehead atoms. The van der Waals surface area contributed by atoms with Crippen LogP contribution in [0.4, 0.5) is 4.39 Å². The van der Waals surface area contributed by atoms with Gasteiger partial charge in [-0.3, -0.25) is 5.84 Å². The van der Waals surface area contributed by atoms with Crippen molar-refractivity contribution < 1.29 is 9.13 Å². The molecule has 0 aliphatic rings. The molecular formula is C15H16ClFN2O. The van der Waals surface area contributed by atoms with Crippen LogP contribution in [0.15, 0.2) is 36.4 Å². The number of hydrogen-bond donors (Lipinski definition) is 2. The molecule has 0 aliphatic heterocycles. The number of methoxy groups -OCH3 is 1. The van der Waals surface area contributed by atoms with Crippen LogP contribution in [0.25, 0.3) is 0 Å². The minimum Gasteiger partial charge on any atom is -0.496 e. The molecule has 1 unspecified atom stereocenters. The van der Waals surface area contributed by atoms with Gasteiger partial charge < -0.3 is 4.74 Å². The van der Waals surface area contributed by atoms with Crippen molar-refractivity contribution in [3.63, 3.8) is 0 Å². The molecule has 2 aromatic rings. The number of hydrogen-bond acceptors (Lipinski definition) is 3. The maximum absolute atomic E-state index is 13.4. The van der Waals surface area contributed by atoms with E-state index in [0.29, 0.717) is 16.3 Å². The summed E-state index contributed by atoms with van der Waals surface area (Å²) >= 11 is 6.03. The smallest absolute Gasteiger partial charge is 0.126 e. The van der Waals surface area contributed by atoms with Gasteiger partial charge in [0.2, 0.25) is 0 Å². The molecule has 0 fully saturated rings. The van der Waals surface area contributed by atoms with Crippen LogP contribution in [0.2, 0.25) is 5.02 Å². The zero-order valence-electron chi connectivity index (χ0n) is 11.3. The summed E-state index contributed by atoms with van der Waals surface area (Å²) in [6.45, 7) is 1.71. The molecule has 0 aromatic heterocycles. The molecule has 1 atom stereocenters. The first-order valence-corrected chi connectivity index (χ1v) is 6.50. The Kier molecular flexibility index (Phi) is 4.60. The third kappa shape index (κ3) is 2.93. The van der Waals surface area contributed by atoms with Crippen LogP contribution in [0.5, 0.6) is 5.75 Å². The number of halogens is 2. The fourth-order valence-corrected chi connectivity index (χ4v) is 2.32. The van der Waals surface area contributed by atoms with Crippen LogP contribution >= 0.6 is 11.6 Å². The second kappa shape index (κ2) is 6.22. The van der Waals surface area contributed by atoms with Crippen LogP contribution < -0.4 is 16.0 Å². The summed E-state index contributed by atoms with van der Waals surface area (Å²) in [6, 6.07) is 9.83. The zero-order valence-corrected chi connectivity index (χ0v) is 12.0. The van der Waals surface area contributed by atoms with E-state index in [9.17, 15) is 4.39 Å². The Bertz CT molecular complexity index is 619. The Morgan fingerprint density at radius 2 is 2.00 bits per heavy atom. The third-order valence-corrected chi connectivity index (χ3v) is 3.42. The monoisotopic (exact) mass is 294 g/mol. The van der Waals surface area contributed by atoms with Crippen molar-refractivity contribution in [3.8, 4) is 5.75 Å². The molecule has 0 heterocycles. The van der Waals surface area contributed by atoms with Gasteiger partial charge in [0.15, 0.2) is 0 Å². The Balaban J connectivity index is 2.51. The van der Waals surface area contributed by atoms with Gasteiger partial charge in [0.1, 0.15) is 11.6 Å². The van der Waals surface area contributed by atoms with Gasteiger partial charge in [-0.1, -0.05) is 23.7 Å². The second-order valence-corrected chi connectivity index (χ2v) is 4.93. The molecule has 3 nitrogen and oxygen atoms in total. The first-order chi connectivity index (χ1) is 9.56. The van der Waals surface area contributed by atoms with Crippen molar-refractivity contribution in [3.05, 3.63) is 63.9 Å². The van der Waals surface area contributed by atoms with Gasteiger partial charge in [-0.05, 0) is 42.3 Å². The minimum atomic E-state index is -0.331. The van der Waals surface area contributed by atoms with Crippen molar-refractivity contribution >= 4 is 11.6 Å². The van der Waals surface area contributed by atoms with Crippen LogP contribution in [0, 0.1) is 12.7 Å². The van der Waals surface area contributed by atoms with Crippen molar-refractivity contribution in [1.82, 2.24) is 5.43 Å². The fraction of sp³-hybridized carbons (Fsp3) is 0.200. The highest BCUT2D eigenvalue weighted by Crippen LogP contribution is 2.32. The third-order valence-electron chi connectivity index (χ3n) is 3.18. The standard InChI is InChI=1S/C15H16ClFN2O/c1-9-7-10(3-5-13(9)17)15(19-18)12-8-11(16)4-6-14(12)20-2/h3-8,15,19H,18H2,1-2H3. The van der Waals surface area contributed by atoms with Crippen LogP contribution in [-0.2, 0) is 0 Å². The Morgan fingerprint density at radius 3 is 2.60 bits per heavy atom.